The van der Waals surface area contributed by atoms with Gasteiger partial charge in [-0.15, -0.1) is 0 Å². The maximum absolute atomic E-state index is 13.0. The molecular formula is C16H20FN5O2S. The number of nitrogens with one attached hydrogen (secondary N) is 1. The summed E-state index contributed by atoms with van der Waals surface area (Å²) in [5.41, 5.74) is 0. The number of nitrogens with zero attached hydrogens (tertiary/aromatic N) is 4. The second-order valence-electron chi connectivity index (χ2n) is 5.62. The Morgan fingerprint density at radius 2 is 1.80 bits per heavy atom. The molecule has 134 valence electrons. The molecular weight excluding hydrogens is 345 g/mol. The lowest BCUT2D eigenvalue weighted by Crippen LogP contribution is -2.49. The van der Waals surface area contributed by atoms with Gasteiger partial charge in [0.05, 0.1) is 4.90 Å². The van der Waals surface area contributed by atoms with Gasteiger partial charge in [-0.25, -0.2) is 17.8 Å². The van der Waals surface area contributed by atoms with Crippen molar-refractivity contribution >= 4 is 21.8 Å². The monoisotopic (exact) mass is 365 g/mol. The molecule has 1 aromatic heterocycles. The van der Waals surface area contributed by atoms with E-state index in [-0.39, 0.29) is 4.90 Å². The largest absolute Gasteiger partial charge is 0.370 e. The highest BCUT2D eigenvalue weighted by Crippen LogP contribution is 2.20. The predicted molar refractivity (Wildman–Crippen MR) is 93.6 cm³/mol. The molecule has 2 aromatic rings. The highest BCUT2D eigenvalue weighted by Gasteiger charge is 2.29. The van der Waals surface area contributed by atoms with Crippen LogP contribution in [-0.2, 0) is 10.0 Å². The Morgan fingerprint density at radius 3 is 2.44 bits per heavy atom. The van der Waals surface area contributed by atoms with E-state index >= 15 is 0 Å². The van der Waals surface area contributed by atoms with Crippen LogP contribution in [0.2, 0.25) is 0 Å². The molecule has 0 unspecified atom stereocenters. The third-order valence-corrected chi connectivity index (χ3v) is 5.89. The van der Waals surface area contributed by atoms with Crippen molar-refractivity contribution in [2.24, 2.45) is 0 Å². The molecule has 7 nitrogen and oxygen atoms in total. The van der Waals surface area contributed by atoms with Crippen LogP contribution in [-0.4, -0.2) is 55.4 Å². The molecule has 25 heavy (non-hydrogen) atoms. The number of aromatic nitrogens is 2. The van der Waals surface area contributed by atoms with Gasteiger partial charge >= 0.3 is 0 Å². The molecule has 1 N–H and O–H groups in total. The number of sulfonamides is 1. The molecule has 1 aliphatic heterocycles. The lowest BCUT2D eigenvalue weighted by molar-refractivity contribution is 0.382. The maximum Gasteiger partial charge on any atom is 0.243 e. The molecule has 0 bridgehead atoms. The third-order valence-electron chi connectivity index (χ3n) is 3.97. The van der Waals surface area contributed by atoms with E-state index in [4.69, 9.17) is 0 Å². The summed E-state index contributed by atoms with van der Waals surface area (Å²) in [5, 5.41) is 3.13. The first-order valence-corrected chi connectivity index (χ1v) is 9.52. The first-order valence-electron chi connectivity index (χ1n) is 8.08. The summed E-state index contributed by atoms with van der Waals surface area (Å²) in [6, 6.07) is 6.69. The van der Waals surface area contributed by atoms with Crippen molar-refractivity contribution in [3.63, 3.8) is 0 Å². The van der Waals surface area contributed by atoms with Gasteiger partial charge < -0.3 is 10.2 Å². The van der Waals surface area contributed by atoms with Gasteiger partial charge in [0.1, 0.15) is 11.6 Å². The van der Waals surface area contributed by atoms with Crippen LogP contribution in [0.5, 0.6) is 0 Å². The number of rotatable bonds is 5. The Balaban J connectivity index is 1.69. The van der Waals surface area contributed by atoms with Crippen molar-refractivity contribution in [1.82, 2.24) is 14.3 Å². The normalized spacial score (nSPS) is 16.0. The molecule has 0 atom stereocenters. The van der Waals surface area contributed by atoms with Crippen molar-refractivity contribution in [1.29, 1.82) is 0 Å². The second-order valence-corrected chi connectivity index (χ2v) is 7.56. The van der Waals surface area contributed by atoms with Crippen LogP contribution in [0.15, 0.2) is 41.4 Å². The van der Waals surface area contributed by atoms with E-state index in [0.717, 1.165) is 24.5 Å². The van der Waals surface area contributed by atoms with Gasteiger partial charge in [-0.2, -0.15) is 9.29 Å². The van der Waals surface area contributed by atoms with E-state index in [0.29, 0.717) is 32.1 Å². The van der Waals surface area contributed by atoms with E-state index < -0.39 is 15.8 Å². The maximum atomic E-state index is 13.0. The Labute approximate surface area is 146 Å². The van der Waals surface area contributed by atoms with E-state index in [1.807, 2.05) is 11.8 Å². The van der Waals surface area contributed by atoms with Gasteiger partial charge in [0.25, 0.3) is 0 Å². The van der Waals surface area contributed by atoms with E-state index in [1.165, 1.54) is 16.4 Å². The number of hydrogen-bond acceptors (Lipinski definition) is 6. The van der Waals surface area contributed by atoms with Crippen LogP contribution in [0.25, 0.3) is 0 Å². The molecule has 0 saturated carbocycles. The molecule has 1 aromatic carbocycles. The van der Waals surface area contributed by atoms with Crippen LogP contribution in [0, 0.1) is 5.82 Å². The van der Waals surface area contributed by atoms with Gasteiger partial charge in [-0.1, -0.05) is 0 Å². The Kier molecular flexibility index (Phi) is 5.14. The summed E-state index contributed by atoms with van der Waals surface area (Å²) >= 11 is 0. The van der Waals surface area contributed by atoms with Gasteiger partial charge in [0, 0.05) is 38.9 Å². The SMILES string of the molecule is CCNc1ccnc(N2CCN(S(=O)(=O)c3ccc(F)cc3)CC2)n1. The molecule has 0 amide bonds. The zero-order chi connectivity index (χ0) is 17.9. The Hall–Kier alpha value is -2.26. The van der Waals surface area contributed by atoms with Crippen LogP contribution < -0.4 is 10.2 Å². The zero-order valence-corrected chi connectivity index (χ0v) is 14.7. The minimum Gasteiger partial charge on any atom is -0.370 e. The van der Waals surface area contributed by atoms with Crippen LogP contribution >= 0.6 is 0 Å². The van der Waals surface area contributed by atoms with Gasteiger partial charge in [-0.05, 0) is 37.3 Å². The quantitative estimate of drug-likeness (QED) is 0.866. The highest BCUT2D eigenvalue weighted by molar-refractivity contribution is 7.89. The van der Waals surface area contributed by atoms with Crippen molar-refractivity contribution in [2.45, 2.75) is 11.8 Å². The minimum absolute atomic E-state index is 0.104. The summed E-state index contributed by atoms with van der Waals surface area (Å²) < 4.78 is 39.7. The average Bonchev–Trinajstić information content (AvgIpc) is 2.63. The van der Waals surface area contributed by atoms with Crippen molar-refractivity contribution < 1.29 is 12.8 Å². The molecule has 3 rings (SSSR count). The number of halogens is 1. The predicted octanol–water partition coefficient (Wildman–Crippen LogP) is 1.56. The molecule has 1 aliphatic rings. The summed E-state index contributed by atoms with van der Waals surface area (Å²) in [4.78, 5) is 10.8. The number of benzene rings is 1. The summed E-state index contributed by atoms with van der Waals surface area (Å²) in [6.07, 6.45) is 1.68. The Bertz CT molecular complexity index is 821. The summed E-state index contributed by atoms with van der Waals surface area (Å²) in [7, 11) is -3.61. The fourth-order valence-corrected chi connectivity index (χ4v) is 4.09. The lowest BCUT2D eigenvalue weighted by Gasteiger charge is -2.34. The topological polar surface area (TPSA) is 78.4 Å². The Morgan fingerprint density at radius 1 is 1.12 bits per heavy atom. The van der Waals surface area contributed by atoms with Gasteiger partial charge in [0.15, 0.2) is 0 Å². The first kappa shape index (κ1) is 17.6. The number of anilines is 2. The zero-order valence-electron chi connectivity index (χ0n) is 13.9. The molecule has 1 saturated heterocycles. The fourth-order valence-electron chi connectivity index (χ4n) is 2.66. The fraction of sp³-hybridized carbons (Fsp3) is 0.375. The van der Waals surface area contributed by atoms with E-state index in [1.54, 1.807) is 12.3 Å². The van der Waals surface area contributed by atoms with E-state index in [9.17, 15) is 12.8 Å². The smallest absolute Gasteiger partial charge is 0.243 e. The van der Waals surface area contributed by atoms with Crippen LogP contribution in [0.3, 0.4) is 0 Å². The minimum atomic E-state index is -3.61. The molecule has 0 spiro atoms. The molecule has 1 fully saturated rings. The van der Waals surface area contributed by atoms with Gasteiger partial charge in [0.2, 0.25) is 16.0 Å². The van der Waals surface area contributed by atoms with Gasteiger partial charge in [-0.3, -0.25) is 0 Å². The van der Waals surface area contributed by atoms with Crippen molar-refractivity contribution in [3.8, 4) is 0 Å². The molecule has 0 radical (unpaired) electrons. The molecule has 0 aliphatic carbocycles. The first-order chi connectivity index (χ1) is 12.0. The van der Waals surface area contributed by atoms with Crippen molar-refractivity contribution in [2.75, 3.05) is 42.9 Å². The van der Waals surface area contributed by atoms with Crippen LogP contribution in [0.4, 0.5) is 16.2 Å². The standard InChI is InChI=1S/C16H20FN5O2S/c1-2-18-15-7-8-19-16(20-15)21-9-11-22(12-10-21)25(23,24)14-5-3-13(17)4-6-14/h3-8H,2,9-12H2,1H3,(H,18,19,20). The summed E-state index contributed by atoms with van der Waals surface area (Å²) in [5.74, 6) is 0.868. The van der Waals surface area contributed by atoms with E-state index in [2.05, 4.69) is 15.3 Å². The van der Waals surface area contributed by atoms with Crippen LogP contribution in [0.1, 0.15) is 6.92 Å². The number of hydrogen-bond donors (Lipinski definition) is 1. The third kappa shape index (κ3) is 3.88. The second kappa shape index (κ2) is 7.32. The number of piperazine rings is 1. The molecule has 2 heterocycles. The highest BCUT2D eigenvalue weighted by atomic mass is 32.2. The summed E-state index contributed by atoms with van der Waals surface area (Å²) in [6.45, 7) is 4.40. The average molecular weight is 365 g/mol. The molecule has 9 heteroatoms. The van der Waals surface area contributed by atoms with Crippen molar-refractivity contribution in [3.05, 3.63) is 42.3 Å². The lowest BCUT2D eigenvalue weighted by atomic mass is 10.3.